The summed E-state index contributed by atoms with van der Waals surface area (Å²) in [5, 5.41) is 8.84. The standard InChI is InChI=1S/C21H15N3/c1-4-10-16(11-5-1)19-20(17-12-6-2-7-13-17)23-24-21(22-19)18-14-8-3-9-15-18/h1-15H. The Morgan fingerprint density at radius 3 is 1.42 bits per heavy atom. The minimum absolute atomic E-state index is 0.633. The predicted molar refractivity (Wildman–Crippen MR) is 96.1 cm³/mol. The first-order valence-corrected chi connectivity index (χ1v) is 7.83. The molecule has 0 aliphatic carbocycles. The van der Waals surface area contributed by atoms with Gasteiger partial charge in [-0.2, -0.15) is 0 Å². The molecule has 0 amide bonds. The molecule has 114 valence electrons. The van der Waals surface area contributed by atoms with Crippen molar-refractivity contribution in [2.75, 3.05) is 0 Å². The highest BCUT2D eigenvalue weighted by molar-refractivity contribution is 5.78. The molecule has 1 heterocycles. The van der Waals surface area contributed by atoms with E-state index in [1.165, 1.54) is 0 Å². The van der Waals surface area contributed by atoms with Crippen LogP contribution in [0.1, 0.15) is 0 Å². The number of nitrogens with zero attached hydrogens (tertiary/aromatic N) is 3. The van der Waals surface area contributed by atoms with Gasteiger partial charge in [0.1, 0.15) is 11.4 Å². The molecule has 4 rings (SSSR count). The Balaban J connectivity index is 1.92. The summed E-state index contributed by atoms with van der Waals surface area (Å²) >= 11 is 0. The molecule has 3 aromatic carbocycles. The molecule has 0 spiro atoms. The fourth-order valence-corrected chi connectivity index (χ4v) is 2.62. The van der Waals surface area contributed by atoms with Crippen molar-refractivity contribution in [3.63, 3.8) is 0 Å². The van der Waals surface area contributed by atoms with Crippen LogP contribution in [0.4, 0.5) is 0 Å². The van der Waals surface area contributed by atoms with Gasteiger partial charge in [-0.05, 0) is 0 Å². The molecular formula is C21H15N3. The monoisotopic (exact) mass is 309 g/mol. The highest BCUT2D eigenvalue weighted by Gasteiger charge is 2.13. The normalized spacial score (nSPS) is 10.5. The van der Waals surface area contributed by atoms with Gasteiger partial charge in [0, 0.05) is 16.7 Å². The zero-order valence-electron chi connectivity index (χ0n) is 13.0. The molecule has 0 saturated heterocycles. The maximum Gasteiger partial charge on any atom is 0.182 e. The maximum absolute atomic E-state index is 4.82. The lowest BCUT2D eigenvalue weighted by atomic mass is 10.0. The van der Waals surface area contributed by atoms with Crippen LogP contribution in [-0.4, -0.2) is 15.2 Å². The van der Waals surface area contributed by atoms with Gasteiger partial charge in [-0.25, -0.2) is 4.98 Å². The summed E-state index contributed by atoms with van der Waals surface area (Å²) in [4.78, 5) is 4.82. The van der Waals surface area contributed by atoms with Gasteiger partial charge in [0.05, 0.1) is 0 Å². The molecule has 0 fully saturated rings. The van der Waals surface area contributed by atoms with Crippen molar-refractivity contribution in [2.24, 2.45) is 0 Å². The van der Waals surface area contributed by atoms with Crippen LogP contribution in [0.5, 0.6) is 0 Å². The lowest BCUT2D eigenvalue weighted by Crippen LogP contribution is -1.99. The van der Waals surface area contributed by atoms with Gasteiger partial charge in [-0.15, -0.1) is 10.2 Å². The summed E-state index contributed by atoms with van der Waals surface area (Å²) in [6.07, 6.45) is 0. The van der Waals surface area contributed by atoms with E-state index in [4.69, 9.17) is 4.98 Å². The number of hydrogen-bond donors (Lipinski definition) is 0. The second-order valence-corrected chi connectivity index (χ2v) is 5.43. The number of aromatic nitrogens is 3. The molecule has 1 aromatic heterocycles. The van der Waals surface area contributed by atoms with E-state index in [0.29, 0.717) is 5.82 Å². The summed E-state index contributed by atoms with van der Waals surface area (Å²) in [5.74, 6) is 0.633. The topological polar surface area (TPSA) is 38.7 Å². The molecule has 0 unspecified atom stereocenters. The number of rotatable bonds is 3. The fourth-order valence-electron chi connectivity index (χ4n) is 2.62. The number of benzene rings is 3. The van der Waals surface area contributed by atoms with Crippen molar-refractivity contribution in [1.82, 2.24) is 15.2 Å². The van der Waals surface area contributed by atoms with Gasteiger partial charge >= 0.3 is 0 Å². The van der Waals surface area contributed by atoms with E-state index in [0.717, 1.165) is 28.1 Å². The van der Waals surface area contributed by atoms with Gasteiger partial charge in [-0.3, -0.25) is 0 Å². The van der Waals surface area contributed by atoms with E-state index in [1.54, 1.807) is 0 Å². The lowest BCUT2D eigenvalue weighted by molar-refractivity contribution is 0.991. The molecule has 0 saturated carbocycles. The smallest absolute Gasteiger partial charge is 0.182 e. The van der Waals surface area contributed by atoms with E-state index in [9.17, 15) is 0 Å². The quantitative estimate of drug-likeness (QED) is 0.542. The van der Waals surface area contributed by atoms with Gasteiger partial charge in [0.15, 0.2) is 5.82 Å². The molecule has 4 aromatic rings. The van der Waals surface area contributed by atoms with Crippen molar-refractivity contribution in [1.29, 1.82) is 0 Å². The van der Waals surface area contributed by atoms with Gasteiger partial charge < -0.3 is 0 Å². The van der Waals surface area contributed by atoms with Crippen LogP contribution < -0.4 is 0 Å². The van der Waals surface area contributed by atoms with Crippen LogP contribution in [0.3, 0.4) is 0 Å². The Bertz CT molecular complexity index is 936. The highest BCUT2D eigenvalue weighted by Crippen LogP contribution is 2.29. The third kappa shape index (κ3) is 2.79. The molecule has 3 heteroatoms. The Morgan fingerprint density at radius 2 is 0.875 bits per heavy atom. The summed E-state index contributed by atoms with van der Waals surface area (Å²) in [7, 11) is 0. The average Bonchev–Trinajstić information content (AvgIpc) is 2.69. The summed E-state index contributed by atoms with van der Waals surface area (Å²) in [5.41, 5.74) is 4.64. The van der Waals surface area contributed by atoms with Crippen LogP contribution in [0, 0.1) is 0 Å². The first-order valence-electron chi connectivity index (χ1n) is 7.83. The first kappa shape index (κ1) is 14.3. The van der Waals surface area contributed by atoms with Crippen LogP contribution in [-0.2, 0) is 0 Å². The van der Waals surface area contributed by atoms with Crippen LogP contribution in [0.15, 0.2) is 91.0 Å². The minimum Gasteiger partial charge on any atom is -0.224 e. The molecule has 3 nitrogen and oxygen atoms in total. The Labute approximate surface area is 140 Å². The third-order valence-electron chi connectivity index (χ3n) is 3.81. The van der Waals surface area contributed by atoms with Gasteiger partial charge in [0.2, 0.25) is 0 Å². The zero-order chi connectivity index (χ0) is 16.2. The molecule has 0 aliphatic heterocycles. The Morgan fingerprint density at radius 1 is 0.417 bits per heavy atom. The molecule has 0 bridgehead atoms. The molecule has 0 aliphatic rings. The summed E-state index contributed by atoms with van der Waals surface area (Å²) in [6.45, 7) is 0. The Hall–Kier alpha value is -3.33. The second kappa shape index (κ2) is 6.42. The number of hydrogen-bond acceptors (Lipinski definition) is 3. The Kier molecular flexibility index (Phi) is 3.82. The maximum atomic E-state index is 4.82. The minimum atomic E-state index is 0.633. The van der Waals surface area contributed by atoms with Crippen molar-refractivity contribution in [3.8, 4) is 33.9 Å². The van der Waals surface area contributed by atoms with Crippen molar-refractivity contribution in [3.05, 3.63) is 91.0 Å². The lowest BCUT2D eigenvalue weighted by Gasteiger charge is -2.09. The molecule has 24 heavy (non-hydrogen) atoms. The molecular weight excluding hydrogens is 294 g/mol. The third-order valence-corrected chi connectivity index (χ3v) is 3.81. The summed E-state index contributed by atoms with van der Waals surface area (Å²) < 4.78 is 0. The van der Waals surface area contributed by atoms with Crippen molar-refractivity contribution in [2.45, 2.75) is 0 Å². The first-order chi connectivity index (χ1) is 11.9. The van der Waals surface area contributed by atoms with Crippen LogP contribution in [0.2, 0.25) is 0 Å². The molecule has 0 radical (unpaired) electrons. The molecule has 0 atom stereocenters. The largest absolute Gasteiger partial charge is 0.224 e. The fraction of sp³-hybridized carbons (Fsp3) is 0. The van der Waals surface area contributed by atoms with E-state index in [-0.39, 0.29) is 0 Å². The van der Waals surface area contributed by atoms with Crippen molar-refractivity contribution < 1.29 is 0 Å². The van der Waals surface area contributed by atoms with Crippen molar-refractivity contribution >= 4 is 0 Å². The SMILES string of the molecule is c1ccc(-c2nnc(-c3ccccc3)c(-c3ccccc3)n2)cc1. The van der Waals surface area contributed by atoms with Gasteiger partial charge in [0.25, 0.3) is 0 Å². The van der Waals surface area contributed by atoms with Crippen LogP contribution >= 0.6 is 0 Å². The van der Waals surface area contributed by atoms with E-state index in [1.807, 2.05) is 91.0 Å². The van der Waals surface area contributed by atoms with Gasteiger partial charge in [-0.1, -0.05) is 91.0 Å². The second-order valence-electron chi connectivity index (χ2n) is 5.43. The molecule has 0 N–H and O–H groups in total. The highest BCUT2D eigenvalue weighted by atomic mass is 15.2. The van der Waals surface area contributed by atoms with E-state index >= 15 is 0 Å². The zero-order valence-corrected chi connectivity index (χ0v) is 13.0. The van der Waals surface area contributed by atoms with Crippen LogP contribution in [0.25, 0.3) is 33.9 Å². The van der Waals surface area contributed by atoms with E-state index in [2.05, 4.69) is 10.2 Å². The predicted octanol–water partition coefficient (Wildman–Crippen LogP) is 4.87. The average molecular weight is 309 g/mol. The summed E-state index contributed by atoms with van der Waals surface area (Å²) in [6, 6.07) is 30.1. The van der Waals surface area contributed by atoms with E-state index < -0.39 is 0 Å².